The molecule has 4 nitrogen and oxygen atoms in total. The monoisotopic (exact) mass is 295 g/mol. The van der Waals surface area contributed by atoms with Crippen LogP contribution in [0.4, 0.5) is 0 Å². The number of carbonyl (C=O) groups excluding carboxylic acids is 1. The Bertz CT molecular complexity index is 502. The highest BCUT2D eigenvalue weighted by molar-refractivity contribution is 7.98. The van der Waals surface area contributed by atoms with Crippen molar-refractivity contribution < 1.29 is 14.7 Å². The molecule has 0 aromatic heterocycles. The molecule has 1 atom stereocenters. The van der Waals surface area contributed by atoms with Crippen molar-refractivity contribution in [3.05, 3.63) is 29.3 Å². The van der Waals surface area contributed by atoms with Crippen LogP contribution in [0.25, 0.3) is 0 Å². The zero-order valence-corrected chi connectivity index (χ0v) is 13.2. The Labute approximate surface area is 124 Å². The Kier molecular flexibility index (Phi) is 6.07. The Morgan fingerprint density at radius 2 is 2.05 bits per heavy atom. The summed E-state index contributed by atoms with van der Waals surface area (Å²) in [5.41, 5.74) is 1.56. The van der Waals surface area contributed by atoms with E-state index in [2.05, 4.69) is 0 Å². The molecule has 0 heterocycles. The summed E-state index contributed by atoms with van der Waals surface area (Å²) in [5, 5.41) is 8.97. The maximum Gasteiger partial charge on any atom is 0.308 e. The second kappa shape index (κ2) is 7.33. The minimum Gasteiger partial charge on any atom is -0.481 e. The lowest BCUT2D eigenvalue weighted by Gasteiger charge is -2.24. The predicted molar refractivity (Wildman–Crippen MR) is 81.3 cm³/mol. The number of thioether (sulfide) groups is 1. The molecule has 0 aliphatic carbocycles. The number of aliphatic carboxylic acids is 1. The van der Waals surface area contributed by atoms with E-state index < -0.39 is 11.9 Å². The molecule has 1 rings (SSSR count). The van der Waals surface area contributed by atoms with E-state index in [-0.39, 0.29) is 12.5 Å². The van der Waals surface area contributed by atoms with Crippen molar-refractivity contribution in [1.29, 1.82) is 0 Å². The van der Waals surface area contributed by atoms with Crippen LogP contribution in [0.3, 0.4) is 0 Å². The summed E-state index contributed by atoms with van der Waals surface area (Å²) in [6.45, 7) is 6.10. The third kappa shape index (κ3) is 4.00. The van der Waals surface area contributed by atoms with Crippen LogP contribution in [-0.4, -0.2) is 41.2 Å². The van der Waals surface area contributed by atoms with Gasteiger partial charge in [-0.05, 0) is 37.8 Å². The fourth-order valence-electron chi connectivity index (χ4n) is 1.89. The lowest BCUT2D eigenvalue weighted by Crippen LogP contribution is -2.37. The van der Waals surface area contributed by atoms with Crippen LogP contribution in [0, 0.1) is 12.8 Å². The molecule has 1 aromatic carbocycles. The predicted octanol–water partition coefficient (Wildman–Crippen LogP) is 2.90. The van der Waals surface area contributed by atoms with Gasteiger partial charge in [0.2, 0.25) is 0 Å². The van der Waals surface area contributed by atoms with Gasteiger partial charge in [0.1, 0.15) is 0 Å². The molecule has 1 N–H and O–H groups in total. The van der Waals surface area contributed by atoms with Gasteiger partial charge in [-0.2, -0.15) is 0 Å². The summed E-state index contributed by atoms with van der Waals surface area (Å²) in [4.78, 5) is 26.1. The van der Waals surface area contributed by atoms with E-state index in [1.165, 1.54) is 0 Å². The fraction of sp³-hybridized carbons (Fsp3) is 0.467. The Morgan fingerprint density at radius 1 is 1.40 bits per heavy atom. The summed E-state index contributed by atoms with van der Waals surface area (Å²) in [6.07, 6.45) is 1.96. The van der Waals surface area contributed by atoms with Crippen molar-refractivity contribution in [3.8, 4) is 0 Å². The lowest BCUT2D eigenvalue weighted by molar-refractivity contribution is -0.141. The molecular weight excluding hydrogens is 274 g/mol. The van der Waals surface area contributed by atoms with E-state index in [1.807, 2.05) is 38.3 Å². The maximum absolute atomic E-state index is 12.5. The Hall–Kier alpha value is -1.49. The van der Waals surface area contributed by atoms with E-state index in [0.717, 1.165) is 10.5 Å². The van der Waals surface area contributed by atoms with Gasteiger partial charge >= 0.3 is 5.97 Å². The summed E-state index contributed by atoms with van der Waals surface area (Å²) < 4.78 is 0. The van der Waals surface area contributed by atoms with Gasteiger partial charge in [0.15, 0.2) is 0 Å². The van der Waals surface area contributed by atoms with Crippen LogP contribution >= 0.6 is 11.8 Å². The third-order valence-electron chi connectivity index (χ3n) is 3.26. The lowest BCUT2D eigenvalue weighted by atomic mass is 10.1. The highest BCUT2D eigenvalue weighted by atomic mass is 32.2. The quantitative estimate of drug-likeness (QED) is 0.820. The molecule has 20 heavy (non-hydrogen) atoms. The summed E-state index contributed by atoms with van der Waals surface area (Å²) in [7, 11) is 0. The molecule has 0 aliphatic rings. The van der Waals surface area contributed by atoms with Crippen molar-refractivity contribution in [1.82, 2.24) is 4.90 Å². The zero-order chi connectivity index (χ0) is 15.3. The third-order valence-corrected chi connectivity index (χ3v) is 3.99. The molecule has 110 valence electrons. The van der Waals surface area contributed by atoms with E-state index in [9.17, 15) is 9.59 Å². The first-order chi connectivity index (χ1) is 9.40. The molecule has 0 bridgehead atoms. The van der Waals surface area contributed by atoms with Gasteiger partial charge in [-0.25, -0.2) is 0 Å². The van der Waals surface area contributed by atoms with Crippen molar-refractivity contribution in [2.75, 3.05) is 19.3 Å². The van der Waals surface area contributed by atoms with Gasteiger partial charge in [0.05, 0.1) is 5.92 Å². The van der Waals surface area contributed by atoms with Gasteiger partial charge < -0.3 is 10.0 Å². The standard InChI is InChI=1S/C15H21NO3S/c1-5-16(9-11(3)15(18)19)14(17)13-8-12(20-4)7-6-10(13)2/h6-8,11H,5,9H2,1-4H3,(H,18,19). The molecule has 1 unspecified atom stereocenters. The van der Waals surface area contributed by atoms with Crippen LogP contribution in [0.5, 0.6) is 0 Å². The first-order valence-electron chi connectivity index (χ1n) is 6.57. The summed E-state index contributed by atoms with van der Waals surface area (Å²) in [6, 6.07) is 5.77. The van der Waals surface area contributed by atoms with Gasteiger partial charge in [-0.3, -0.25) is 9.59 Å². The number of carboxylic acids is 1. The molecule has 1 amide bonds. The molecule has 0 fully saturated rings. The van der Waals surface area contributed by atoms with Crippen LogP contribution < -0.4 is 0 Å². The molecule has 0 spiro atoms. The van der Waals surface area contributed by atoms with Crippen LogP contribution in [0.15, 0.2) is 23.1 Å². The van der Waals surface area contributed by atoms with Gasteiger partial charge in [-0.15, -0.1) is 11.8 Å². The van der Waals surface area contributed by atoms with Crippen molar-refractivity contribution in [2.24, 2.45) is 5.92 Å². The van der Waals surface area contributed by atoms with Crippen molar-refractivity contribution >= 4 is 23.6 Å². The summed E-state index contributed by atoms with van der Waals surface area (Å²) >= 11 is 1.58. The van der Waals surface area contributed by atoms with Crippen LogP contribution in [0.2, 0.25) is 0 Å². The molecule has 5 heteroatoms. The first-order valence-corrected chi connectivity index (χ1v) is 7.79. The molecular formula is C15H21NO3S. The fourth-order valence-corrected chi connectivity index (χ4v) is 2.33. The van der Waals surface area contributed by atoms with E-state index >= 15 is 0 Å². The topological polar surface area (TPSA) is 57.6 Å². The minimum absolute atomic E-state index is 0.103. The van der Waals surface area contributed by atoms with Gasteiger partial charge in [0.25, 0.3) is 5.91 Å². The van der Waals surface area contributed by atoms with Crippen LogP contribution in [0.1, 0.15) is 29.8 Å². The van der Waals surface area contributed by atoms with E-state index in [1.54, 1.807) is 23.6 Å². The smallest absolute Gasteiger partial charge is 0.308 e. The number of carboxylic acid groups (broad SMARTS) is 1. The molecule has 0 aliphatic heterocycles. The van der Waals surface area contributed by atoms with E-state index in [0.29, 0.717) is 12.1 Å². The SMILES string of the molecule is CCN(CC(C)C(=O)O)C(=O)c1cc(SC)ccc1C. The molecule has 0 saturated carbocycles. The average Bonchev–Trinajstić information content (AvgIpc) is 2.44. The molecule has 0 radical (unpaired) electrons. The second-order valence-electron chi connectivity index (χ2n) is 4.76. The largest absolute Gasteiger partial charge is 0.481 e. The van der Waals surface area contributed by atoms with Crippen molar-refractivity contribution in [2.45, 2.75) is 25.7 Å². The number of rotatable bonds is 6. The zero-order valence-electron chi connectivity index (χ0n) is 12.3. The Morgan fingerprint density at radius 3 is 2.55 bits per heavy atom. The number of benzene rings is 1. The highest BCUT2D eigenvalue weighted by Crippen LogP contribution is 2.20. The number of hydrogen-bond donors (Lipinski definition) is 1. The minimum atomic E-state index is -0.883. The van der Waals surface area contributed by atoms with E-state index in [4.69, 9.17) is 5.11 Å². The first kappa shape index (κ1) is 16.6. The summed E-state index contributed by atoms with van der Waals surface area (Å²) in [5.74, 6) is -1.55. The number of hydrogen-bond acceptors (Lipinski definition) is 3. The normalized spacial score (nSPS) is 12.0. The Balaban J connectivity index is 2.99. The average molecular weight is 295 g/mol. The maximum atomic E-state index is 12.5. The second-order valence-corrected chi connectivity index (χ2v) is 5.64. The van der Waals surface area contributed by atoms with Gasteiger partial charge in [0, 0.05) is 23.5 Å². The molecule has 0 saturated heterocycles. The molecule has 1 aromatic rings. The van der Waals surface area contributed by atoms with Crippen molar-refractivity contribution in [3.63, 3.8) is 0 Å². The number of aryl methyl sites for hydroxylation is 1. The number of carbonyl (C=O) groups is 2. The number of amides is 1. The van der Waals surface area contributed by atoms with Crippen LogP contribution in [-0.2, 0) is 4.79 Å². The van der Waals surface area contributed by atoms with Gasteiger partial charge in [-0.1, -0.05) is 13.0 Å². The number of nitrogens with zero attached hydrogens (tertiary/aromatic N) is 1. The highest BCUT2D eigenvalue weighted by Gasteiger charge is 2.21.